The molecular formula is C13H19N5. The van der Waals surface area contributed by atoms with Crippen LogP contribution < -0.4 is 0 Å². The molecule has 1 saturated heterocycles. The van der Waals surface area contributed by atoms with Gasteiger partial charge in [0.25, 0.3) is 0 Å². The number of nitrogens with zero attached hydrogens (tertiary/aromatic N) is 5. The standard InChI is InChI=1S/C13H19N5/c1-2-12(10-14)18-8-6-17(7-9-18)11-13-15-4-3-5-16-13/h3-5,12H,2,6-9,11H2,1H3. The summed E-state index contributed by atoms with van der Waals surface area (Å²) in [5, 5.41) is 9.05. The van der Waals surface area contributed by atoms with Gasteiger partial charge in [0.15, 0.2) is 0 Å². The van der Waals surface area contributed by atoms with Gasteiger partial charge in [0.2, 0.25) is 0 Å². The van der Waals surface area contributed by atoms with E-state index in [4.69, 9.17) is 5.26 Å². The summed E-state index contributed by atoms with van der Waals surface area (Å²) in [5.74, 6) is 0.873. The van der Waals surface area contributed by atoms with Gasteiger partial charge in [-0.05, 0) is 12.5 Å². The lowest BCUT2D eigenvalue weighted by Gasteiger charge is -2.36. The molecule has 1 unspecified atom stereocenters. The Bertz CT molecular complexity index is 392. The van der Waals surface area contributed by atoms with Crippen molar-refractivity contribution in [1.82, 2.24) is 19.8 Å². The Balaban J connectivity index is 1.82. The highest BCUT2D eigenvalue weighted by Crippen LogP contribution is 2.10. The molecule has 96 valence electrons. The summed E-state index contributed by atoms with van der Waals surface area (Å²) in [6.07, 6.45) is 4.46. The minimum absolute atomic E-state index is 0.0696. The van der Waals surface area contributed by atoms with Crippen LogP contribution in [-0.4, -0.2) is 52.0 Å². The lowest BCUT2D eigenvalue weighted by molar-refractivity contribution is 0.106. The van der Waals surface area contributed by atoms with Gasteiger partial charge in [0.1, 0.15) is 5.82 Å². The number of nitriles is 1. The Hall–Kier alpha value is -1.51. The predicted molar refractivity (Wildman–Crippen MR) is 68.6 cm³/mol. The van der Waals surface area contributed by atoms with E-state index in [2.05, 4.69) is 32.8 Å². The Morgan fingerprint density at radius 2 is 1.94 bits per heavy atom. The van der Waals surface area contributed by atoms with E-state index in [1.165, 1.54) is 0 Å². The smallest absolute Gasteiger partial charge is 0.142 e. The topological polar surface area (TPSA) is 56.1 Å². The van der Waals surface area contributed by atoms with Gasteiger partial charge in [-0.2, -0.15) is 5.26 Å². The maximum absolute atomic E-state index is 9.05. The number of rotatable bonds is 4. The fraction of sp³-hybridized carbons (Fsp3) is 0.615. The predicted octanol–water partition coefficient (Wildman–Crippen LogP) is 0.896. The average molecular weight is 245 g/mol. The zero-order valence-electron chi connectivity index (χ0n) is 10.8. The number of aromatic nitrogens is 2. The molecule has 0 amide bonds. The van der Waals surface area contributed by atoms with Crippen molar-refractivity contribution in [2.24, 2.45) is 0 Å². The summed E-state index contributed by atoms with van der Waals surface area (Å²) in [6.45, 7) is 6.75. The van der Waals surface area contributed by atoms with Gasteiger partial charge in [-0.1, -0.05) is 6.92 Å². The Morgan fingerprint density at radius 3 is 2.50 bits per heavy atom. The molecule has 5 heteroatoms. The fourth-order valence-corrected chi connectivity index (χ4v) is 2.28. The van der Waals surface area contributed by atoms with Crippen LogP contribution in [0.4, 0.5) is 0 Å². The van der Waals surface area contributed by atoms with Crippen molar-refractivity contribution in [1.29, 1.82) is 5.26 Å². The number of hydrogen-bond acceptors (Lipinski definition) is 5. The molecule has 0 N–H and O–H groups in total. The van der Waals surface area contributed by atoms with E-state index >= 15 is 0 Å². The van der Waals surface area contributed by atoms with Crippen molar-refractivity contribution in [2.45, 2.75) is 25.9 Å². The highest BCUT2D eigenvalue weighted by Gasteiger charge is 2.22. The summed E-state index contributed by atoms with van der Waals surface area (Å²) in [5.41, 5.74) is 0. The van der Waals surface area contributed by atoms with Crippen LogP contribution in [0.1, 0.15) is 19.2 Å². The molecule has 1 aliphatic heterocycles. The van der Waals surface area contributed by atoms with Crippen molar-refractivity contribution in [3.05, 3.63) is 24.3 Å². The molecule has 2 heterocycles. The van der Waals surface area contributed by atoms with Crippen LogP contribution in [0, 0.1) is 11.3 Å². The monoisotopic (exact) mass is 245 g/mol. The molecular weight excluding hydrogens is 226 g/mol. The first-order valence-electron chi connectivity index (χ1n) is 6.45. The lowest BCUT2D eigenvalue weighted by atomic mass is 10.2. The quantitative estimate of drug-likeness (QED) is 0.788. The first kappa shape index (κ1) is 12.9. The zero-order valence-corrected chi connectivity index (χ0v) is 10.8. The van der Waals surface area contributed by atoms with E-state index < -0.39 is 0 Å². The van der Waals surface area contributed by atoms with Gasteiger partial charge in [-0.25, -0.2) is 9.97 Å². The van der Waals surface area contributed by atoms with Gasteiger partial charge in [0, 0.05) is 38.6 Å². The molecule has 0 spiro atoms. The molecule has 5 nitrogen and oxygen atoms in total. The molecule has 1 aromatic heterocycles. The molecule has 1 aromatic rings. The van der Waals surface area contributed by atoms with Gasteiger partial charge >= 0.3 is 0 Å². The van der Waals surface area contributed by atoms with E-state index in [0.717, 1.165) is 45.0 Å². The van der Waals surface area contributed by atoms with E-state index in [-0.39, 0.29) is 6.04 Å². The first-order chi connectivity index (χ1) is 8.83. The minimum Gasteiger partial charge on any atom is -0.293 e. The van der Waals surface area contributed by atoms with Gasteiger partial charge < -0.3 is 0 Å². The van der Waals surface area contributed by atoms with Crippen molar-refractivity contribution in [3.8, 4) is 6.07 Å². The molecule has 0 radical (unpaired) electrons. The summed E-state index contributed by atoms with van der Waals surface area (Å²) < 4.78 is 0. The Labute approximate surface area is 108 Å². The van der Waals surface area contributed by atoms with E-state index in [1.54, 1.807) is 12.4 Å². The second kappa shape index (κ2) is 6.43. The van der Waals surface area contributed by atoms with Crippen molar-refractivity contribution >= 4 is 0 Å². The SMILES string of the molecule is CCC(C#N)N1CCN(Cc2ncccn2)CC1. The third-order valence-electron chi connectivity index (χ3n) is 3.37. The van der Waals surface area contributed by atoms with Crippen molar-refractivity contribution < 1.29 is 0 Å². The van der Waals surface area contributed by atoms with Crippen LogP contribution in [0.5, 0.6) is 0 Å². The molecule has 0 aliphatic carbocycles. The van der Waals surface area contributed by atoms with Crippen LogP contribution in [-0.2, 0) is 6.54 Å². The lowest BCUT2D eigenvalue weighted by Crippen LogP contribution is -2.49. The summed E-state index contributed by atoms with van der Waals surface area (Å²) >= 11 is 0. The van der Waals surface area contributed by atoms with E-state index in [1.807, 2.05) is 6.07 Å². The maximum Gasteiger partial charge on any atom is 0.142 e. The Morgan fingerprint density at radius 1 is 1.28 bits per heavy atom. The van der Waals surface area contributed by atoms with Gasteiger partial charge in [-0.15, -0.1) is 0 Å². The molecule has 0 aromatic carbocycles. The highest BCUT2D eigenvalue weighted by atomic mass is 15.3. The number of hydrogen-bond donors (Lipinski definition) is 0. The molecule has 18 heavy (non-hydrogen) atoms. The van der Waals surface area contributed by atoms with E-state index in [9.17, 15) is 0 Å². The summed E-state index contributed by atoms with van der Waals surface area (Å²) in [4.78, 5) is 13.1. The van der Waals surface area contributed by atoms with Crippen molar-refractivity contribution in [3.63, 3.8) is 0 Å². The average Bonchev–Trinajstić information content (AvgIpc) is 2.43. The first-order valence-corrected chi connectivity index (χ1v) is 6.45. The number of piperazine rings is 1. The highest BCUT2D eigenvalue weighted by molar-refractivity contribution is 4.94. The second-order valence-electron chi connectivity index (χ2n) is 4.53. The summed E-state index contributed by atoms with van der Waals surface area (Å²) in [6, 6.07) is 4.27. The second-order valence-corrected chi connectivity index (χ2v) is 4.53. The summed E-state index contributed by atoms with van der Waals surface area (Å²) in [7, 11) is 0. The Kier molecular flexibility index (Phi) is 4.62. The molecule has 1 fully saturated rings. The van der Waals surface area contributed by atoms with Crippen LogP contribution in [0.25, 0.3) is 0 Å². The molecule has 0 saturated carbocycles. The molecule has 1 atom stereocenters. The van der Waals surface area contributed by atoms with E-state index in [0.29, 0.717) is 0 Å². The van der Waals surface area contributed by atoms with Crippen molar-refractivity contribution in [2.75, 3.05) is 26.2 Å². The minimum atomic E-state index is 0.0696. The van der Waals surface area contributed by atoms with Crippen LogP contribution in [0.2, 0.25) is 0 Å². The molecule has 1 aliphatic rings. The fourth-order valence-electron chi connectivity index (χ4n) is 2.28. The maximum atomic E-state index is 9.05. The van der Waals surface area contributed by atoms with Crippen LogP contribution in [0.15, 0.2) is 18.5 Å². The van der Waals surface area contributed by atoms with Crippen LogP contribution >= 0.6 is 0 Å². The van der Waals surface area contributed by atoms with Gasteiger partial charge in [0.05, 0.1) is 18.7 Å². The normalized spacial score (nSPS) is 19.3. The third kappa shape index (κ3) is 3.25. The molecule has 0 bridgehead atoms. The largest absolute Gasteiger partial charge is 0.293 e. The third-order valence-corrected chi connectivity index (χ3v) is 3.37. The van der Waals surface area contributed by atoms with Crippen LogP contribution in [0.3, 0.4) is 0 Å². The molecule has 2 rings (SSSR count). The zero-order chi connectivity index (χ0) is 12.8. The van der Waals surface area contributed by atoms with Gasteiger partial charge in [-0.3, -0.25) is 9.80 Å².